The van der Waals surface area contributed by atoms with E-state index >= 15 is 0 Å². The van der Waals surface area contributed by atoms with Crippen LogP contribution in [-0.4, -0.2) is 16.8 Å². The predicted octanol–water partition coefficient (Wildman–Crippen LogP) is 4.56. The monoisotopic (exact) mass is 387 g/mol. The van der Waals surface area contributed by atoms with Crippen LogP contribution in [-0.2, 0) is 17.8 Å². The summed E-state index contributed by atoms with van der Waals surface area (Å²) in [6, 6.07) is 7.56. The minimum Gasteiger partial charge on any atom is -0.347 e. The molecule has 0 radical (unpaired) electrons. The summed E-state index contributed by atoms with van der Waals surface area (Å²) in [5.41, 5.74) is 2.47. The van der Waals surface area contributed by atoms with Crippen molar-refractivity contribution in [2.75, 3.05) is 5.32 Å². The number of aromatic nitrogens is 1. The Balaban J connectivity index is 1.96. The second-order valence-electron chi connectivity index (χ2n) is 7.65. The normalized spacial score (nSPS) is 11.1. The molecule has 2 rings (SSSR count). The number of nitrogens with one attached hydrogen (secondary N) is 2. The van der Waals surface area contributed by atoms with Crippen LogP contribution in [0.5, 0.6) is 0 Å². The van der Waals surface area contributed by atoms with Gasteiger partial charge in [0.15, 0.2) is 0 Å². The minimum atomic E-state index is -0.103. The highest BCUT2D eigenvalue weighted by atomic mass is 32.1. The Kier molecular flexibility index (Phi) is 7.54. The molecule has 0 atom stereocenters. The summed E-state index contributed by atoms with van der Waals surface area (Å²) in [5.74, 6) is 0.731. The van der Waals surface area contributed by atoms with Crippen molar-refractivity contribution >= 4 is 28.8 Å². The van der Waals surface area contributed by atoms with Crippen LogP contribution in [0.1, 0.15) is 60.1 Å². The van der Waals surface area contributed by atoms with Crippen LogP contribution >= 0.6 is 11.3 Å². The molecule has 1 aromatic heterocycles. The molecule has 0 fully saturated rings. The highest BCUT2D eigenvalue weighted by Gasteiger charge is 2.15. The lowest BCUT2D eigenvalue weighted by Gasteiger charge is -2.09. The van der Waals surface area contributed by atoms with Gasteiger partial charge in [0.25, 0.3) is 5.91 Å². The topological polar surface area (TPSA) is 71.1 Å². The predicted molar refractivity (Wildman–Crippen MR) is 111 cm³/mol. The fourth-order valence-corrected chi connectivity index (χ4v) is 3.90. The maximum atomic E-state index is 12.5. The molecule has 27 heavy (non-hydrogen) atoms. The third kappa shape index (κ3) is 6.79. The van der Waals surface area contributed by atoms with Crippen LogP contribution in [0.4, 0.5) is 5.69 Å². The van der Waals surface area contributed by atoms with Crippen molar-refractivity contribution in [1.29, 1.82) is 0 Å². The largest absolute Gasteiger partial charge is 0.347 e. The molecule has 2 aromatic rings. The molecule has 2 amide bonds. The summed E-state index contributed by atoms with van der Waals surface area (Å²) in [4.78, 5) is 29.6. The number of carbonyl (C=O) groups is 2. The van der Waals surface area contributed by atoms with Gasteiger partial charge >= 0.3 is 0 Å². The zero-order chi connectivity index (χ0) is 20.0. The van der Waals surface area contributed by atoms with Crippen molar-refractivity contribution in [3.05, 3.63) is 45.4 Å². The van der Waals surface area contributed by atoms with E-state index in [0.29, 0.717) is 29.7 Å². The van der Waals surface area contributed by atoms with E-state index in [2.05, 4.69) is 29.5 Å². The Morgan fingerprint density at radius 3 is 2.56 bits per heavy atom. The number of aryl methyl sites for hydroxylation is 1. The van der Waals surface area contributed by atoms with E-state index in [1.165, 1.54) is 11.3 Å². The fraction of sp³-hybridized carbons (Fsp3) is 0.476. The first kappa shape index (κ1) is 21.1. The number of anilines is 1. The Morgan fingerprint density at radius 1 is 1.15 bits per heavy atom. The highest BCUT2D eigenvalue weighted by Crippen LogP contribution is 2.21. The summed E-state index contributed by atoms with van der Waals surface area (Å²) < 4.78 is 0. The molecule has 6 heteroatoms. The third-order valence-electron chi connectivity index (χ3n) is 3.89. The summed E-state index contributed by atoms with van der Waals surface area (Å²) in [5, 5.41) is 6.86. The quantitative estimate of drug-likeness (QED) is 0.697. The molecule has 0 unspecified atom stereocenters. The van der Waals surface area contributed by atoms with Gasteiger partial charge in [-0.05, 0) is 36.5 Å². The number of thiazole rings is 1. The first-order chi connectivity index (χ1) is 12.7. The lowest BCUT2D eigenvalue weighted by molar-refractivity contribution is -0.116. The van der Waals surface area contributed by atoms with Crippen LogP contribution in [0.25, 0.3) is 0 Å². The van der Waals surface area contributed by atoms with Gasteiger partial charge in [-0.2, -0.15) is 0 Å². The molecule has 0 saturated carbocycles. The maximum absolute atomic E-state index is 12.5. The van der Waals surface area contributed by atoms with Crippen molar-refractivity contribution in [2.45, 2.75) is 54.0 Å². The average Bonchev–Trinajstić information content (AvgIpc) is 2.91. The van der Waals surface area contributed by atoms with Crippen molar-refractivity contribution < 1.29 is 9.59 Å². The number of rotatable bonds is 8. The van der Waals surface area contributed by atoms with Gasteiger partial charge in [0.1, 0.15) is 4.88 Å². The molecule has 0 aliphatic carbocycles. The van der Waals surface area contributed by atoms with E-state index in [1.807, 2.05) is 45.0 Å². The van der Waals surface area contributed by atoms with Gasteiger partial charge < -0.3 is 10.6 Å². The summed E-state index contributed by atoms with van der Waals surface area (Å²) in [7, 11) is 0. The van der Waals surface area contributed by atoms with Gasteiger partial charge in [0.05, 0.1) is 10.7 Å². The summed E-state index contributed by atoms with van der Waals surface area (Å²) in [6.45, 7) is 10.6. The van der Waals surface area contributed by atoms with Gasteiger partial charge in [-0.15, -0.1) is 11.3 Å². The second kappa shape index (κ2) is 9.65. The maximum Gasteiger partial charge on any atom is 0.263 e. The van der Waals surface area contributed by atoms with Crippen molar-refractivity contribution in [2.24, 2.45) is 11.8 Å². The Labute approximate surface area is 165 Å². The molecule has 1 aromatic carbocycles. The van der Waals surface area contributed by atoms with E-state index in [9.17, 15) is 9.59 Å². The standard InChI is InChI=1S/C21H29N3O2S/c1-13(2)9-18(25)24-17-8-6-7-16(11-17)12-22-21(26)20-15(5)23-19(27-20)10-14(3)4/h6-8,11,13-14H,9-10,12H2,1-5H3,(H,22,26)(H,24,25). The molecule has 0 spiro atoms. The molecule has 0 bridgehead atoms. The molecule has 5 nitrogen and oxygen atoms in total. The number of nitrogens with zero attached hydrogens (tertiary/aromatic N) is 1. The second-order valence-corrected chi connectivity index (χ2v) is 8.73. The summed E-state index contributed by atoms with van der Waals surface area (Å²) >= 11 is 1.47. The smallest absolute Gasteiger partial charge is 0.263 e. The average molecular weight is 388 g/mol. The van der Waals surface area contributed by atoms with Crippen molar-refractivity contribution in [1.82, 2.24) is 10.3 Å². The lowest BCUT2D eigenvalue weighted by Crippen LogP contribution is -2.22. The van der Waals surface area contributed by atoms with E-state index < -0.39 is 0 Å². The van der Waals surface area contributed by atoms with Gasteiger partial charge in [0.2, 0.25) is 5.91 Å². The van der Waals surface area contributed by atoms with E-state index in [0.717, 1.165) is 28.4 Å². The Morgan fingerprint density at radius 2 is 1.89 bits per heavy atom. The molecule has 0 aliphatic rings. The molecule has 1 heterocycles. The summed E-state index contributed by atoms with van der Waals surface area (Å²) in [6.07, 6.45) is 1.38. The van der Waals surface area contributed by atoms with Crippen LogP contribution in [0.2, 0.25) is 0 Å². The van der Waals surface area contributed by atoms with E-state index in [1.54, 1.807) is 0 Å². The number of hydrogen-bond acceptors (Lipinski definition) is 4. The first-order valence-corrected chi connectivity index (χ1v) is 10.2. The molecule has 146 valence electrons. The minimum absolute atomic E-state index is 0.00384. The van der Waals surface area contributed by atoms with Crippen LogP contribution in [0.3, 0.4) is 0 Å². The zero-order valence-corrected chi connectivity index (χ0v) is 17.6. The first-order valence-electron chi connectivity index (χ1n) is 9.38. The van der Waals surface area contributed by atoms with Crippen LogP contribution in [0, 0.1) is 18.8 Å². The third-order valence-corrected chi connectivity index (χ3v) is 5.07. The van der Waals surface area contributed by atoms with Crippen molar-refractivity contribution in [3.63, 3.8) is 0 Å². The number of hydrogen-bond donors (Lipinski definition) is 2. The molecular formula is C21H29N3O2S. The number of benzene rings is 1. The molecule has 0 saturated heterocycles. The van der Waals surface area contributed by atoms with Gasteiger partial charge in [-0.3, -0.25) is 9.59 Å². The van der Waals surface area contributed by atoms with Gasteiger partial charge in [0, 0.05) is 25.1 Å². The zero-order valence-electron chi connectivity index (χ0n) is 16.8. The lowest BCUT2D eigenvalue weighted by atomic mass is 10.1. The van der Waals surface area contributed by atoms with Gasteiger partial charge in [-0.1, -0.05) is 39.8 Å². The SMILES string of the molecule is Cc1nc(CC(C)C)sc1C(=O)NCc1cccc(NC(=O)CC(C)C)c1. The van der Waals surface area contributed by atoms with Gasteiger partial charge in [-0.25, -0.2) is 4.98 Å². The molecule has 2 N–H and O–H groups in total. The van der Waals surface area contributed by atoms with Crippen LogP contribution in [0.15, 0.2) is 24.3 Å². The Hall–Kier alpha value is -2.21. The number of carbonyl (C=O) groups excluding carboxylic acids is 2. The highest BCUT2D eigenvalue weighted by molar-refractivity contribution is 7.13. The molecular weight excluding hydrogens is 358 g/mol. The Bertz CT molecular complexity index is 796. The fourth-order valence-electron chi connectivity index (χ4n) is 2.70. The van der Waals surface area contributed by atoms with Crippen LogP contribution < -0.4 is 10.6 Å². The molecule has 0 aliphatic heterocycles. The van der Waals surface area contributed by atoms with E-state index in [-0.39, 0.29) is 11.8 Å². The number of amides is 2. The van der Waals surface area contributed by atoms with E-state index in [4.69, 9.17) is 0 Å². The van der Waals surface area contributed by atoms with Crippen molar-refractivity contribution in [3.8, 4) is 0 Å².